The van der Waals surface area contributed by atoms with Gasteiger partial charge in [-0.1, -0.05) is 0 Å². The summed E-state index contributed by atoms with van der Waals surface area (Å²) in [5.41, 5.74) is 3.96. The van der Waals surface area contributed by atoms with Gasteiger partial charge >= 0.3 is 0 Å². The molecule has 2 aliphatic carbocycles. The van der Waals surface area contributed by atoms with Gasteiger partial charge in [0.05, 0.1) is 18.1 Å². The molecule has 5 nitrogen and oxygen atoms in total. The van der Waals surface area contributed by atoms with E-state index in [0.29, 0.717) is 0 Å². The first-order valence-electron chi connectivity index (χ1n) is 12.6. The van der Waals surface area contributed by atoms with Gasteiger partial charge in [-0.25, -0.2) is 4.39 Å². The maximum atomic E-state index is 13.9. The highest BCUT2D eigenvalue weighted by Gasteiger charge is 2.47. The smallest absolute Gasteiger partial charge is 0.125 e. The lowest BCUT2D eigenvalue weighted by atomic mass is 10.1. The number of rotatable bonds is 9. The van der Waals surface area contributed by atoms with Crippen LogP contribution in [0, 0.1) is 5.82 Å². The molecule has 2 heterocycles. The van der Waals surface area contributed by atoms with E-state index in [-0.39, 0.29) is 16.9 Å². The van der Waals surface area contributed by atoms with Crippen LogP contribution in [0.3, 0.4) is 0 Å². The number of halogens is 1. The lowest BCUT2D eigenvalue weighted by Gasteiger charge is -2.29. The molecule has 0 spiro atoms. The summed E-state index contributed by atoms with van der Waals surface area (Å²) in [5, 5.41) is 2.40. The fourth-order valence-electron chi connectivity index (χ4n) is 5.78. The topological polar surface area (TPSA) is 25.6 Å². The van der Waals surface area contributed by atoms with Gasteiger partial charge in [-0.15, -0.1) is 0 Å². The van der Waals surface area contributed by atoms with Crippen LogP contribution in [0.5, 0.6) is 5.75 Å². The van der Waals surface area contributed by atoms with Crippen molar-refractivity contribution < 1.29 is 9.13 Å². The zero-order valence-corrected chi connectivity index (χ0v) is 21.2. The van der Waals surface area contributed by atoms with E-state index in [1.807, 2.05) is 6.07 Å². The van der Waals surface area contributed by atoms with E-state index < -0.39 is 0 Å². The van der Waals surface area contributed by atoms with E-state index in [2.05, 4.69) is 76.7 Å². The van der Waals surface area contributed by atoms with Crippen molar-refractivity contribution >= 4 is 21.8 Å². The van der Waals surface area contributed by atoms with Gasteiger partial charge in [0.2, 0.25) is 0 Å². The van der Waals surface area contributed by atoms with Crippen LogP contribution in [-0.2, 0) is 19.6 Å². The largest absolute Gasteiger partial charge is 0.497 e. The highest BCUT2D eigenvalue weighted by atomic mass is 19.1. The van der Waals surface area contributed by atoms with Crippen LogP contribution in [0.15, 0.2) is 54.9 Å². The number of ether oxygens (including phenoxy) is 1. The number of nitrogens with zero attached hydrogens (tertiary/aromatic N) is 4. The molecule has 6 heteroatoms. The highest BCUT2D eigenvalue weighted by molar-refractivity contribution is 5.85. The van der Waals surface area contributed by atoms with Crippen molar-refractivity contribution in [3.05, 3.63) is 66.2 Å². The lowest BCUT2D eigenvalue weighted by Crippen LogP contribution is -2.37. The van der Waals surface area contributed by atoms with Crippen molar-refractivity contribution in [1.29, 1.82) is 0 Å². The minimum Gasteiger partial charge on any atom is -0.497 e. The van der Waals surface area contributed by atoms with Crippen molar-refractivity contribution in [1.82, 2.24) is 18.9 Å². The Hall–Kier alpha value is -2.83. The number of methoxy groups -OCH3 is 1. The second-order valence-electron chi connectivity index (χ2n) is 11.0. The van der Waals surface area contributed by atoms with E-state index >= 15 is 0 Å². The number of hydrogen-bond donors (Lipinski definition) is 0. The molecule has 184 valence electrons. The second kappa shape index (κ2) is 8.10. The molecule has 0 atom stereocenters. The molecule has 2 saturated carbocycles. The predicted octanol–water partition coefficient (Wildman–Crippen LogP) is 5.50. The zero-order chi connectivity index (χ0) is 24.4. The monoisotopic (exact) mass is 474 g/mol. The average molecular weight is 475 g/mol. The van der Waals surface area contributed by atoms with Crippen molar-refractivity contribution in [3.63, 3.8) is 0 Å². The summed E-state index contributed by atoms with van der Waals surface area (Å²) < 4.78 is 24.2. The van der Waals surface area contributed by atoms with Gasteiger partial charge in [0.25, 0.3) is 0 Å². The summed E-state index contributed by atoms with van der Waals surface area (Å²) in [5.74, 6) is 0.724. The number of likely N-dealkylation sites (N-methyl/N-ethyl adjacent to an activating group) is 2. The Morgan fingerprint density at radius 1 is 0.886 bits per heavy atom. The Kier molecular flexibility index (Phi) is 5.24. The van der Waals surface area contributed by atoms with Crippen LogP contribution in [0.25, 0.3) is 21.8 Å². The molecule has 2 aromatic heterocycles. The first kappa shape index (κ1) is 22.6. The molecule has 0 radical (unpaired) electrons. The molecule has 0 unspecified atom stereocenters. The third kappa shape index (κ3) is 3.93. The maximum absolute atomic E-state index is 13.9. The number of benzene rings is 2. The standard InChI is InChI=1S/C29H35FN4O/c1-31(2)28(10-11-28)19-34-18-22(25-8-7-24(35-4)16-27(25)34)17-32(3)29(12-13-29)20-33-14-9-21-5-6-23(30)15-26(21)33/h5-9,14-16,18H,10-13,17,19-20H2,1-4H3. The Morgan fingerprint density at radius 2 is 1.63 bits per heavy atom. The SMILES string of the molecule is COc1ccc2c(CN(C)C3(Cn4ccc5ccc(F)cc54)CC3)cn(CC3(N(C)C)CC3)c2c1. The Morgan fingerprint density at radius 3 is 2.31 bits per heavy atom. The summed E-state index contributed by atoms with van der Waals surface area (Å²) in [6, 6.07) is 13.6. The molecule has 0 N–H and O–H groups in total. The van der Waals surface area contributed by atoms with Crippen LogP contribution in [-0.4, -0.2) is 58.3 Å². The second-order valence-corrected chi connectivity index (χ2v) is 11.0. The minimum absolute atomic E-state index is 0.112. The summed E-state index contributed by atoms with van der Waals surface area (Å²) in [6.07, 6.45) is 9.28. The molecule has 35 heavy (non-hydrogen) atoms. The summed E-state index contributed by atoms with van der Waals surface area (Å²) >= 11 is 0. The molecule has 0 aliphatic heterocycles. The van der Waals surface area contributed by atoms with Crippen molar-refractivity contribution in [2.24, 2.45) is 0 Å². The Labute approximate surface area is 206 Å². The van der Waals surface area contributed by atoms with Crippen LogP contribution in [0.4, 0.5) is 4.39 Å². The van der Waals surface area contributed by atoms with E-state index in [1.54, 1.807) is 19.2 Å². The molecule has 0 saturated heterocycles. The van der Waals surface area contributed by atoms with Gasteiger partial charge in [0.15, 0.2) is 0 Å². The summed E-state index contributed by atoms with van der Waals surface area (Å²) in [6.45, 7) is 2.77. The molecule has 4 aromatic rings. The first-order valence-corrected chi connectivity index (χ1v) is 12.6. The van der Waals surface area contributed by atoms with Gasteiger partial charge in [-0.05, 0) is 94.2 Å². The zero-order valence-electron chi connectivity index (χ0n) is 21.2. The van der Waals surface area contributed by atoms with Gasteiger partial charge in [0, 0.05) is 54.6 Å². The number of hydrogen-bond acceptors (Lipinski definition) is 3. The molecule has 2 aliphatic rings. The normalized spacial score (nSPS) is 18.1. The molecule has 2 aromatic carbocycles. The molecular weight excluding hydrogens is 439 g/mol. The Balaban J connectivity index is 1.29. The van der Waals surface area contributed by atoms with Gasteiger partial charge in [0.1, 0.15) is 11.6 Å². The van der Waals surface area contributed by atoms with Gasteiger partial charge in [-0.3, -0.25) is 4.90 Å². The summed E-state index contributed by atoms with van der Waals surface area (Å²) in [4.78, 5) is 4.90. The molecule has 2 fully saturated rings. The third-order valence-electron chi connectivity index (χ3n) is 8.66. The average Bonchev–Trinajstić information content (AvgIpc) is 3.74. The van der Waals surface area contributed by atoms with Crippen LogP contribution in [0.2, 0.25) is 0 Å². The van der Waals surface area contributed by atoms with Crippen LogP contribution in [0.1, 0.15) is 31.2 Å². The van der Waals surface area contributed by atoms with E-state index in [0.717, 1.165) is 49.1 Å². The fraction of sp³-hybridized carbons (Fsp3) is 0.448. The van der Waals surface area contributed by atoms with Crippen molar-refractivity contribution in [3.8, 4) is 5.75 Å². The molecular formula is C29H35FN4O. The predicted molar refractivity (Wildman–Crippen MR) is 139 cm³/mol. The first-order chi connectivity index (χ1) is 16.8. The van der Waals surface area contributed by atoms with Crippen LogP contribution >= 0.6 is 0 Å². The lowest BCUT2D eigenvalue weighted by molar-refractivity contribution is 0.191. The minimum atomic E-state index is -0.176. The fourth-order valence-corrected chi connectivity index (χ4v) is 5.78. The third-order valence-corrected chi connectivity index (χ3v) is 8.66. The highest BCUT2D eigenvalue weighted by Crippen LogP contribution is 2.45. The van der Waals surface area contributed by atoms with Crippen LogP contribution < -0.4 is 4.74 Å². The van der Waals surface area contributed by atoms with Crippen molar-refractivity contribution in [2.75, 3.05) is 28.3 Å². The van der Waals surface area contributed by atoms with E-state index in [9.17, 15) is 4.39 Å². The number of fused-ring (bicyclic) bond motifs is 2. The Bertz CT molecular complexity index is 1390. The quantitative estimate of drug-likeness (QED) is 0.320. The molecule has 0 amide bonds. The maximum Gasteiger partial charge on any atom is 0.125 e. The van der Waals surface area contributed by atoms with Crippen molar-refractivity contribution in [2.45, 2.75) is 56.4 Å². The van der Waals surface area contributed by atoms with E-state index in [4.69, 9.17) is 4.74 Å². The van der Waals surface area contributed by atoms with Gasteiger partial charge < -0.3 is 18.8 Å². The van der Waals surface area contributed by atoms with E-state index in [1.165, 1.54) is 29.3 Å². The summed E-state index contributed by atoms with van der Waals surface area (Å²) in [7, 11) is 8.37. The molecule has 0 bridgehead atoms. The van der Waals surface area contributed by atoms with Gasteiger partial charge in [-0.2, -0.15) is 0 Å². The number of aromatic nitrogens is 2. The molecule has 6 rings (SSSR count).